The van der Waals surface area contributed by atoms with E-state index in [9.17, 15) is 9.32 Å². The highest BCUT2D eigenvalue weighted by Gasteiger charge is 2.13. The molecule has 0 saturated heterocycles. The van der Waals surface area contributed by atoms with Crippen LogP contribution in [0.3, 0.4) is 0 Å². The van der Waals surface area contributed by atoms with E-state index < -0.39 is 16.9 Å². The lowest BCUT2D eigenvalue weighted by Gasteiger charge is -2.13. The van der Waals surface area contributed by atoms with Crippen LogP contribution >= 0.6 is 0 Å². The molecule has 0 radical (unpaired) electrons. The Hall–Kier alpha value is -0.750. The number of ether oxygens (including phenoxy) is 1. The van der Waals surface area contributed by atoms with Crippen LogP contribution in [-0.2, 0) is 15.5 Å². The Morgan fingerprint density at radius 3 is 2.84 bits per heavy atom. The van der Waals surface area contributed by atoms with E-state index in [4.69, 9.17) is 4.74 Å². The number of methoxy groups -OCH3 is 1. The molecule has 1 aromatic rings. The molecule has 2 N–H and O–H groups in total. The third kappa shape index (κ3) is 5.82. The molecule has 0 amide bonds. The van der Waals surface area contributed by atoms with Gasteiger partial charge in [0.25, 0.3) is 0 Å². The highest BCUT2D eigenvalue weighted by Crippen LogP contribution is 2.15. The summed E-state index contributed by atoms with van der Waals surface area (Å²) in [6.07, 6.45) is -0.613. The monoisotopic (exact) mass is 285 g/mol. The third-order valence-corrected chi connectivity index (χ3v) is 4.41. The van der Waals surface area contributed by atoms with Gasteiger partial charge in [0.15, 0.2) is 0 Å². The largest absolute Gasteiger partial charge is 0.391 e. The molecule has 0 heterocycles. The van der Waals surface area contributed by atoms with E-state index in [0.717, 1.165) is 16.0 Å². The van der Waals surface area contributed by atoms with Crippen molar-refractivity contribution < 1.29 is 14.1 Å². The molecule has 2 unspecified atom stereocenters. The summed E-state index contributed by atoms with van der Waals surface area (Å²) in [5.41, 5.74) is 2.09. The summed E-state index contributed by atoms with van der Waals surface area (Å²) >= 11 is 0. The first-order valence-electron chi connectivity index (χ1n) is 6.38. The van der Waals surface area contributed by atoms with E-state index in [-0.39, 0.29) is 5.75 Å². The maximum Gasteiger partial charge on any atom is 0.0783 e. The number of benzene rings is 1. The molecule has 0 aliphatic carbocycles. The first-order chi connectivity index (χ1) is 9.04. The Bertz CT molecular complexity index is 423. The lowest BCUT2D eigenvalue weighted by Crippen LogP contribution is -2.32. The molecule has 0 aliphatic heterocycles. The standard InChI is InChI=1S/C14H23NO3S/c1-11-4-5-12(2)14(8-11)19(17)10-13(16)9-15-6-7-18-3/h4-5,8,13,15-16H,6-7,9-10H2,1-3H3. The molecular formula is C14H23NO3S. The molecule has 0 aromatic heterocycles. The van der Waals surface area contributed by atoms with Crippen molar-refractivity contribution in [3.63, 3.8) is 0 Å². The number of nitrogens with one attached hydrogen (secondary N) is 1. The van der Waals surface area contributed by atoms with Gasteiger partial charge in [0, 0.05) is 25.1 Å². The van der Waals surface area contributed by atoms with E-state index in [0.29, 0.717) is 19.7 Å². The SMILES string of the molecule is COCCNCC(O)CS(=O)c1cc(C)ccc1C. The van der Waals surface area contributed by atoms with Gasteiger partial charge in [-0.2, -0.15) is 0 Å². The van der Waals surface area contributed by atoms with E-state index >= 15 is 0 Å². The Morgan fingerprint density at radius 1 is 1.42 bits per heavy atom. The van der Waals surface area contributed by atoms with Crippen LogP contribution in [0.15, 0.2) is 23.1 Å². The minimum Gasteiger partial charge on any atom is -0.391 e. The van der Waals surface area contributed by atoms with Crippen molar-refractivity contribution in [3.8, 4) is 0 Å². The van der Waals surface area contributed by atoms with Gasteiger partial charge < -0.3 is 15.2 Å². The van der Waals surface area contributed by atoms with Crippen LogP contribution < -0.4 is 5.32 Å². The van der Waals surface area contributed by atoms with Crippen LogP contribution in [0.4, 0.5) is 0 Å². The predicted molar refractivity (Wildman–Crippen MR) is 77.9 cm³/mol. The molecule has 108 valence electrons. The number of aryl methyl sites for hydroxylation is 2. The second kappa shape index (κ2) is 8.43. The van der Waals surface area contributed by atoms with Crippen molar-refractivity contribution in [2.75, 3.05) is 32.6 Å². The average molecular weight is 285 g/mol. The van der Waals surface area contributed by atoms with Gasteiger partial charge in [-0.15, -0.1) is 0 Å². The van der Waals surface area contributed by atoms with Crippen molar-refractivity contribution in [3.05, 3.63) is 29.3 Å². The lowest BCUT2D eigenvalue weighted by atomic mass is 10.2. The highest BCUT2D eigenvalue weighted by atomic mass is 32.2. The molecule has 0 spiro atoms. The summed E-state index contributed by atoms with van der Waals surface area (Å²) in [5, 5.41) is 12.9. The van der Waals surface area contributed by atoms with Crippen LogP contribution in [0.2, 0.25) is 0 Å². The molecule has 0 fully saturated rings. The second-order valence-corrected chi connectivity index (χ2v) is 6.10. The van der Waals surface area contributed by atoms with Gasteiger partial charge in [0.1, 0.15) is 0 Å². The van der Waals surface area contributed by atoms with Gasteiger partial charge in [0.2, 0.25) is 0 Å². The van der Waals surface area contributed by atoms with Crippen molar-refractivity contribution in [1.29, 1.82) is 0 Å². The number of hydrogen-bond donors (Lipinski definition) is 2. The van der Waals surface area contributed by atoms with Crippen molar-refractivity contribution >= 4 is 10.8 Å². The zero-order valence-corrected chi connectivity index (χ0v) is 12.6. The molecule has 19 heavy (non-hydrogen) atoms. The maximum atomic E-state index is 12.2. The molecule has 4 nitrogen and oxygen atoms in total. The third-order valence-electron chi connectivity index (χ3n) is 2.80. The first-order valence-corrected chi connectivity index (χ1v) is 7.70. The minimum absolute atomic E-state index is 0.254. The molecule has 2 atom stereocenters. The topological polar surface area (TPSA) is 58.6 Å². The van der Waals surface area contributed by atoms with Gasteiger partial charge in [-0.1, -0.05) is 12.1 Å². The summed E-state index contributed by atoms with van der Waals surface area (Å²) in [7, 11) is 0.469. The van der Waals surface area contributed by atoms with Crippen LogP contribution in [0.5, 0.6) is 0 Å². The molecule has 0 aliphatic rings. The van der Waals surface area contributed by atoms with E-state index in [2.05, 4.69) is 5.32 Å². The van der Waals surface area contributed by atoms with Gasteiger partial charge in [-0.25, -0.2) is 0 Å². The van der Waals surface area contributed by atoms with Crippen LogP contribution in [-0.4, -0.2) is 48.0 Å². The average Bonchev–Trinajstić information content (AvgIpc) is 2.37. The van der Waals surface area contributed by atoms with Gasteiger partial charge in [-0.3, -0.25) is 4.21 Å². The summed E-state index contributed by atoms with van der Waals surface area (Å²) in [6, 6.07) is 5.89. The Labute approximate surface area is 117 Å². The molecule has 1 aromatic carbocycles. The van der Waals surface area contributed by atoms with Crippen molar-refractivity contribution in [2.45, 2.75) is 24.8 Å². The molecule has 0 bridgehead atoms. The summed E-state index contributed by atoms with van der Waals surface area (Å²) in [4.78, 5) is 0.816. The quantitative estimate of drug-likeness (QED) is 0.700. The number of hydrogen-bond acceptors (Lipinski definition) is 4. The van der Waals surface area contributed by atoms with E-state index in [1.54, 1.807) is 7.11 Å². The Morgan fingerprint density at radius 2 is 2.16 bits per heavy atom. The summed E-state index contributed by atoms with van der Waals surface area (Å²) in [6.45, 7) is 5.63. The smallest absolute Gasteiger partial charge is 0.0783 e. The fourth-order valence-electron chi connectivity index (χ4n) is 1.72. The zero-order valence-electron chi connectivity index (χ0n) is 11.8. The van der Waals surface area contributed by atoms with Crippen molar-refractivity contribution in [2.24, 2.45) is 0 Å². The molecule has 0 saturated carbocycles. The summed E-state index contributed by atoms with van der Waals surface area (Å²) in [5.74, 6) is 0.254. The Kier molecular flexibility index (Phi) is 7.23. The maximum absolute atomic E-state index is 12.2. The minimum atomic E-state index is -1.16. The van der Waals surface area contributed by atoms with E-state index in [1.165, 1.54) is 0 Å². The van der Waals surface area contributed by atoms with Crippen LogP contribution in [0, 0.1) is 13.8 Å². The molecule has 5 heteroatoms. The van der Waals surface area contributed by atoms with Gasteiger partial charge >= 0.3 is 0 Å². The van der Waals surface area contributed by atoms with Crippen LogP contribution in [0.1, 0.15) is 11.1 Å². The number of aliphatic hydroxyl groups excluding tert-OH is 1. The predicted octanol–water partition coefficient (Wildman–Crippen LogP) is 1.01. The first kappa shape index (κ1) is 16.3. The second-order valence-electron chi connectivity index (χ2n) is 4.63. The Balaban J connectivity index is 2.47. The number of rotatable bonds is 8. The van der Waals surface area contributed by atoms with Crippen molar-refractivity contribution in [1.82, 2.24) is 5.32 Å². The fraction of sp³-hybridized carbons (Fsp3) is 0.571. The van der Waals surface area contributed by atoms with E-state index in [1.807, 2.05) is 32.0 Å². The zero-order chi connectivity index (χ0) is 14.3. The molecule has 1 rings (SSSR count). The van der Waals surface area contributed by atoms with Crippen LogP contribution in [0.25, 0.3) is 0 Å². The highest BCUT2D eigenvalue weighted by molar-refractivity contribution is 7.85. The number of aliphatic hydroxyl groups is 1. The summed E-state index contributed by atoms with van der Waals surface area (Å²) < 4.78 is 17.1. The fourth-order valence-corrected chi connectivity index (χ4v) is 3.11. The van der Waals surface area contributed by atoms with Gasteiger partial charge in [0.05, 0.1) is 29.3 Å². The normalized spacial score (nSPS) is 14.3. The lowest BCUT2D eigenvalue weighted by molar-refractivity contribution is 0.174. The van der Waals surface area contributed by atoms with Gasteiger partial charge in [-0.05, 0) is 31.0 Å². The molecular weight excluding hydrogens is 262 g/mol.